The van der Waals surface area contributed by atoms with Crippen LogP contribution in [-0.2, 0) is 6.42 Å². The Morgan fingerprint density at radius 1 is 0.857 bits per heavy atom. The summed E-state index contributed by atoms with van der Waals surface area (Å²) in [5.74, 6) is 2.68. The van der Waals surface area contributed by atoms with Crippen molar-refractivity contribution in [2.24, 2.45) is 17.8 Å². The molecular weight excluding hydrogens is 272 g/mol. The van der Waals surface area contributed by atoms with E-state index in [0.29, 0.717) is 0 Å². The van der Waals surface area contributed by atoms with Crippen molar-refractivity contribution in [1.29, 1.82) is 0 Å². The normalized spacial score (nSPS) is 14.6. The molecule has 0 radical (unpaired) electrons. The Balaban J connectivity index is 2.03. The Labute approximate surface area is 137 Å². The van der Waals surface area contributed by atoms with Crippen LogP contribution < -0.4 is 0 Å². The van der Waals surface area contributed by atoms with Crippen molar-refractivity contribution >= 4 is 11.3 Å². The molecule has 1 aromatic heterocycles. The van der Waals surface area contributed by atoms with Crippen LogP contribution >= 0.6 is 11.3 Å². The zero-order chi connectivity index (χ0) is 15.7. The quantitative estimate of drug-likeness (QED) is 0.403. The van der Waals surface area contributed by atoms with Gasteiger partial charge in [0.15, 0.2) is 0 Å². The van der Waals surface area contributed by atoms with Gasteiger partial charge < -0.3 is 0 Å². The van der Waals surface area contributed by atoms with E-state index in [1.807, 2.05) is 11.3 Å². The summed E-state index contributed by atoms with van der Waals surface area (Å²) in [6, 6.07) is 2.36. The first-order valence-corrected chi connectivity index (χ1v) is 9.89. The van der Waals surface area contributed by atoms with E-state index < -0.39 is 0 Å². The maximum Gasteiger partial charge on any atom is 0.00480 e. The SMILES string of the molecule is Cc1csc(CCC(C)CCCC(C)CCCC(C)C)c1. The number of hydrogen-bond donors (Lipinski definition) is 0. The van der Waals surface area contributed by atoms with E-state index in [-0.39, 0.29) is 0 Å². The number of hydrogen-bond acceptors (Lipinski definition) is 1. The first-order chi connectivity index (χ1) is 9.97. The molecule has 1 aromatic rings. The Bertz CT molecular complexity index is 364. The summed E-state index contributed by atoms with van der Waals surface area (Å²) in [7, 11) is 0. The highest BCUT2D eigenvalue weighted by Gasteiger charge is 2.07. The van der Waals surface area contributed by atoms with E-state index in [4.69, 9.17) is 0 Å². The van der Waals surface area contributed by atoms with E-state index in [1.165, 1.54) is 56.9 Å². The van der Waals surface area contributed by atoms with E-state index >= 15 is 0 Å². The molecule has 2 unspecified atom stereocenters. The second kappa shape index (κ2) is 10.4. The largest absolute Gasteiger partial charge is 0.149 e. The summed E-state index contributed by atoms with van der Waals surface area (Å²) in [5, 5.41) is 2.28. The maximum absolute atomic E-state index is 2.44. The lowest BCUT2D eigenvalue weighted by molar-refractivity contribution is 0.393. The minimum absolute atomic E-state index is 0.873. The molecule has 0 spiro atoms. The molecule has 122 valence electrons. The summed E-state index contributed by atoms with van der Waals surface area (Å²) in [4.78, 5) is 1.57. The maximum atomic E-state index is 2.44. The molecule has 2 atom stereocenters. The fraction of sp³-hybridized carbons (Fsp3) is 0.800. The molecule has 0 aliphatic rings. The van der Waals surface area contributed by atoms with Crippen molar-refractivity contribution in [3.05, 3.63) is 21.9 Å². The van der Waals surface area contributed by atoms with Crippen LogP contribution in [0, 0.1) is 24.7 Å². The van der Waals surface area contributed by atoms with Gasteiger partial charge in [-0.05, 0) is 54.5 Å². The first-order valence-electron chi connectivity index (χ1n) is 9.01. The molecule has 0 saturated heterocycles. The smallest absolute Gasteiger partial charge is 0.00480 e. The highest BCUT2D eigenvalue weighted by atomic mass is 32.1. The predicted molar refractivity (Wildman–Crippen MR) is 98.2 cm³/mol. The van der Waals surface area contributed by atoms with Gasteiger partial charge in [0.2, 0.25) is 0 Å². The van der Waals surface area contributed by atoms with Gasteiger partial charge in [0.25, 0.3) is 0 Å². The summed E-state index contributed by atoms with van der Waals surface area (Å²) in [6.07, 6.45) is 11.2. The highest BCUT2D eigenvalue weighted by molar-refractivity contribution is 7.10. The average Bonchev–Trinajstić information content (AvgIpc) is 2.82. The Kier molecular flexibility index (Phi) is 9.31. The molecule has 0 fully saturated rings. The van der Waals surface area contributed by atoms with E-state index in [1.54, 1.807) is 4.88 Å². The van der Waals surface area contributed by atoms with Gasteiger partial charge in [-0.25, -0.2) is 0 Å². The lowest BCUT2D eigenvalue weighted by Crippen LogP contribution is -2.00. The molecule has 0 amide bonds. The fourth-order valence-electron chi connectivity index (χ4n) is 2.99. The van der Waals surface area contributed by atoms with Crippen LogP contribution in [0.4, 0.5) is 0 Å². The summed E-state index contributed by atoms with van der Waals surface area (Å²) >= 11 is 1.93. The van der Waals surface area contributed by atoms with Crippen molar-refractivity contribution in [3.63, 3.8) is 0 Å². The van der Waals surface area contributed by atoms with Gasteiger partial charge in [-0.15, -0.1) is 11.3 Å². The number of thiophene rings is 1. The minimum atomic E-state index is 0.873. The van der Waals surface area contributed by atoms with Crippen molar-refractivity contribution in [2.45, 2.75) is 86.0 Å². The molecule has 1 rings (SSSR count). The first kappa shape index (κ1) is 18.7. The zero-order valence-electron chi connectivity index (χ0n) is 15.0. The zero-order valence-corrected chi connectivity index (χ0v) is 15.8. The van der Waals surface area contributed by atoms with Crippen molar-refractivity contribution in [2.75, 3.05) is 0 Å². The third-order valence-electron chi connectivity index (χ3n) is 4.54. The van der Waals surface area contributed by atoms with Crippen molar-refractivity contribution in [3.8, 4) is 0 Å². The monoisotopic (exact) mass is 308 g/mol. The molecule has 0 aliphatic carbocycles. The number of rotatable bonds is 11. The van der Waals surface area contributed by atoms with Gasteiger partial charge in [-0.1, -0.05) is 66.2 Å². The van der Waals surface area contributed by atoms with Gasteiger partial charge >= 0.3 is 0 Å². The van der Waals surface area contributed by atoms with E-state index in [9.17, 15) is 0 Å². The van der Waals surface area contributed by atoms with Crippen LogP contribution in [0.15, 0.2) is 11.4 Å². The van der Waals surface area contributed by atoms with Crippen molar-refractivity contribution in [1.82, 2.24) is 0 Å². The lowest BCUT2D eigenvalue weighted by Gasteiger charge is -2.14. The average molecular weight is 309 g/mol. The number of aryl methyl sites for hydroxylation is 2. The van der Waals surface area contributed by atoms with Crippen LogP contribution in [0.1, 0.15) is 83.1 Å². The summed E-state index contributed by atoms with van der Waals surface area (Å²) in [5.41, 5.74) is 1.43. The molecule has 0 aliphatic heterocycles. The Hall–Kier alpha value is -0.300. The minimum Gasteiger partial charge on any atom is -0.149 e. The predicted octanol–water partition coefficient (Wildman–Crippen LogP) is 7.26. The third kappa shape index (κ3) is 9.34. The van der Waals surface area contributed by atoms with E-state index in [2.05, 4.69) is 46.1 Å². The van der Waals surface area contributed by atoms with Crippen LogP contribution in [0.5, 0.6) is 0 Å². The van der Waals surface area contributed by atoms with Crippen LogP contribution in [0.3, 0.4) is 0 Å². The van der Waals surface area contributed by atoms with Gasteiger partial charge in [0, 0.05) is 4.88 Å². The Morgan fingerprint density at radius 2 is 1.43 bits per heavy atom. The van der Waals surface area contributed by atoms with Gasteiger partial charge in [0.1, 0.15) is 0 Å². The summed E-state index contributed by atoms with van der Waals surface area (Å²) < 4.78 is 0. The van der Waals surface area contributed by atoms with E-state index in [0.717, 1.165) is 17.8 Å². The van der Waals surface area contributed by atoms with Crippen molar-refractivity contribution < 1.29 is 0 Å². The highest BCUT2D eigenvalue weighted by Crippen LogP contribution is 2.22. The van der Waals surface area contributed by atoms with Gasteiger partial charge in [0.05, 0.1) is 0 Å². The lowest BCUT2D eigenvalue weighted by atomic mass is 9.92. The second-order valence-electron chi connectivity index (χ2n) is 7.60. The molecule has 0 bridgehead atoms. The van der Waals surface area contributed by atoms with Gasteiger partial charge in [-0.3, -0.25) is 0 Å². The fourth-order valence-corrected chi connectivity index (χ4v) is 3.88. The molecule has 0 aromatic carbocycles. The molecule has 0 saturated carbocycles. The molecule has 21 heavy (non-hydrogen) atoms. The molecule has 0 N–H and O–H groups in total. The molecule has 1 heterocycles. The van der Waals surface area contributed by atoms with Crippen LogP contribution in [-0.4, -0.2) is 0 Å². The van der Waals surface area contributed by atoms with Gasteiger partial charge in [-0.2, -0.15) is 0 Å². The molecule has 1 heteroatoms. The standard InChI is InChI=1S/C20H36S/c1-16(2)8-6-9-17(3)10-7-11-18(4)12-13-20-14-19(5)15-21-20/h14-18H,6-13H2,1-5H3. The third-order valence-corrected chi connectivity index (χ3v) is 5.65. The summed E-state index contributed by atoms with van der Waals surface area (Å²) in [6.45, 7) is 11.7. The Morgan fingerprint density at radius 3 is 1.95 bits per heavy atom. The second-order valence-corrected chi connectivity index (χ2v) is 8.59. The van der Waals surface area contributed by atoms with Crippen LogP contribution in [0.2, 0.25) is 0 Å². The molecular formula is C20H36S. The van der Waals surface area contributed by atoms with Crippen LogP contribution in [0.25, 0.3) is 0 Å². The topological polar surface area (TPSA) is 0 Å². The molecule has 0 nitrogen and oxygen atoms in total.